The van der Waals surface area contributed by atoms with E-state index >= 15 is 0 Å². The first-order valence-corrected chi connectivity index (χ1v) is 8.60. The average molecular weight is 332 g/mol. The lowest BCUT2D eigenvalue weighted by molar-refractivity contribution is -0.0387. The summed E-state index contributed by atoms with van der Waals surface area (Å²) in [6.45, 7) is 5.59. The smallest absolute Gasteiger partial charge is 0.254 e. The van der Waals surface area contributed by atoms with Gasteiger partial charge >= 0.3 is 0 Å². The maximum atomic E-state index is 12.7. The maximum Gasteiger partial charge on any atom is 0.254 e. The minimum absolute atomic E-state index is 0.0201. The van der Waals surface area contributed by atoms with Gasteiger partial charge in [0.05, 0.1) is 30.0 Å². The summed E-state index contributed by atoms with van der Waals surface area (Å²) in [6, 6.07) is 7.40. The molecule has 23 heavy (non-hydrogen) atoms. The zero-order valence-corrected chi connectivity index (χ0v) is 14.1. The average Bonchev–Trinajstić information content (AvgIpc) is 3.08. The fourth-order valence-corrected chi connectivity index (χ4v) is 3.08. The molecule has 6 heteroatoms. The van der Waals surface area contributed by atoms with Gasteiger partial charge in [-0.1, -0.05) is 6.07 Å². The number of carbonyl (C=O) groups is 1. The van der Waals surface area contributed by atoms with Gasteiger partial charge in [-0.05, 0) is 32.0 Å². The highest BCUT2D eigenvalue weighted by Crippen LogP contribution is 2.20. The van der Waals surface area contributed by atoms with Gasteiger partial charge < -0.3 is 14.4 Å². The topological polar surface area (TPSA) is 51.7 Å². The Hall–Kier alpha value is -1.92. The second-order valence-corrected chi connectivity index (χ2v) is 6.47. The molecule has 0 spiro atoms. The van der Waals surface area contributed by atoms with Crippen molar-refractivity contribution in [2.45, 2.75) is 32.6 Å². The van der Waals surface area contributed by atoms with Gasteiger partial charge in [-0.15, -0.1) is 11.3 Å². The molecule has 0 N–H and O–H groups in total. The molecule has 2 heterocycles. The maximum absolute atomic E-state index is 12.7. The molecule has 1 aliphatic rings. The van der Waals surface area contributed by atoms with Crippen LogP contribution in [0.3, 0.4) is 0 Å². The lowest BCUT2D eigenvalue weighted by Gasteiger charge is -2.36. The minimum atomic E-state index is 0.0201. The standard InChI is InChI=1S/C17H20N2O3S/c1-12-8-21-13(2)7-19(12)17(20)14-4-3-5-16(6-14)22-9-15-10-23-11-18-15/h3-6,10-13H,7-9H2,1-2H3/t12-,13-/m0/s1. The summed E-state index contributed by atoms with van der Waals surface area (Å²) in [7, 11) is 0. The van der Waals surface area contributed by atoms with Gasteiger partial charge in [-0.2, -0.15) is 0 Å². The van der Waals surface area contributed by atoms with Crippen LogP contribution in [0, 0.1) is 0 Å². The van der Waals surface area contributed by atoms with Gasteiger partial charge in [-0.25, -0.2) is 4.98 Å². The highest BCUT2D eigenvalue weighted by atomic mass is 32.1. The van der Waals surface area contributed by atoms with Crippen LogP contribution in [0.25, 0.3) is 0 Å². The van der Waals surface area contributed by atoms with Crippen molar-refractivity contribution in [1.29, 1.82) is 0 Å². The van der Waals surface area contributed by atoms with Gasteiger partial charge in [0, 0.05) is 17.5 Å². The van der Waals surface area contributed by atoms with Crippen LogP contribution < -0.4 is 4.74 Å². The van der Waals surface area contributed by atoms with Gasteiger partial charge in [0.15, 0.2) is 0 Å². The summed E-state index contributed by atoms with van der Waals surface area (Å²) in [5.41, 5.74) is 3.31. The summed E-state index contributed by atoms with van der Waals surface area (Å²) >= 11 is 1.54. The number of benzene rings is 1. The van der Waals surface area contributed by atoms with Gasteiger partial charge in [0.1, 0.15) is 12.4 Å². The van der Waals surface area contributed by atoms with Crippen LogP contribution in [0.1, 0.15) is 29.9 Å². The quantitative estimate of drug-likeness (QED) is 0.864. The molecule has 0 bridgehead atoms. The van der Waals surface area contributed by atoms with Crippen LogP contribution in [0.5, 0.6) is 5.75 Å². The molecule has 3 rings (SSSR count). The summed E-state index contributed by atoms with van der Waals surface area (Å²) in [6.07, 6.45) is 0.0687. The van der Waals surface area contributed by atoms with Crippen LogP contribution >= 0.6 is 11.3 Å². The van der Waals surface area contributed by atoms with Crippen molar-refractivity contribution in [3.63, 3.8) is 0 Å². The first-order valence-electron chi connectivity index (χ1n) is 7.66. The molecular formula is C17H20N2O3S. The summed E-state index contributed by atoms with van der Waals surface area (Å²) in [4.78, 5) is 18.8. The fourth-order valence-electron chi connectivity index (χ4n) is 2.54. The Morgan fingerprint density at radius 1 is 1.48 bits per heavy atom. The summed E-state index contributed by atoms with van der Waals surface area (Å²) in [5.74, 6) is 0.699. The zero-order chi connectivity index (χ0) is 16.2. The molecule has 1 amide bonds. The lowest BCUT2D eigenvalue weighted by Crippen LogP contribution is -2.50. The van der Waals surface area contributed by atoms with E-state index in [1.54, 1.807) is 11.6 Å². The van der Waals surface area contributed by atoms with Crippen molar-refractivity contribution in [3.05, 3.63) is 46.4 Å². The lowest BCUT2D eigenvalue weighted by atomic mass is 10.1. The normalized spacial score (nSPS) is 21.2. The Morgan fingerprint density at radius 3 is 3.13 bits per heavy atom. The van der Waals surface area contributed by atoms with Crippen molar-refractivity contribution < 1.29 is 14.3 Å². The molecule has 0 unspecified atom stereocenters. The Morgan fingerprint density at radius 2 is 2.35 bits per heavy atom. The summed E-state index contributed by atoms with van der Waals surface area (Å²) < 4.78 is 11.3. The van der Waals surface area contributed by atoms with Crippen molar-refractivity contribution in [3.8, 4) is 5.75 Å². The van der Waals surface area contributed by atoms with Crippen LogP contribution in [0.4, 0.5) is 0 Å². The number of rotatable bonds is 4. The number of carbonyl (C=O) groups excluding carboxylic acids is 1. The molecular weight excluding hydrogens is 312 g/mol. The molecule has 0 aliphatic carbocycles. The first kappa shape index (κ1) is 16.0. The molecule has 2 atom stereocenters. The Bertz CT molecular complexity index is 660. The van der Waals surface area contributed by atoms with Crippen molar-refractivity contribution >= 4 is 17.2 Å². The van der Waals surface area contributed by atoms with E-state index in [4.69, 9.17) is 9.47 Å². The minimum Gasteiger partial charge on any atom is -0.487 e. The van der Waals surface area contributed by atoms with E-state index in [1.807, 2.05) is 42.3 Å². The van der Waals surface area contributed by atoms with Crippen LogP contribution in [0.15, 0.2) is 35.2 Å². The van der Waals surface area contributed by atoms with E-state index in [1.165, 1.54) is 11.3 Å². The van der Waals surface area contributed by atoms with Gasteiger partial charge in [0.2, 0.25) is 0 Å². The third-order valence-corrected chi connectivity index (χ3v) is 4.46. The molecule has 1 aromatic carbocycles. The summed E-state index contributed by atoms with van der Waals surface area (Å²) in [5, 5.41) is 1.95. The fraction of sp³-hybridized carbons (Fsp3) is 0.412. The Kier molecular flexibility index (Phi) is 4.93. The number of ether oxygens (including phenoxy) is 2. The van der Waals surface area contributed by atoms with Gasteiger partial charge in [-0.3, -0.25) is 4.79 Å². The molecule has 1 aliphatic heterocycles. The third-order valence-electron chi connectivity index (χ3n) is 3.82. The molecule has 5 nitrogen and oxygen atoms in total. The van der Waals surface area contributed by atoms with E-state index < -0.39 is 0 Å². The monoisotopic (exact) mass is 332 g/mol. The van der Waals surface area contributed by atoms with E-state index in [-0.39, 0.29) is 18.1 Å². The first-order chi connectivity index (χ1) is 11.1. The van der Waals surface area contributed by atoms with Gasteiger partial charge in [0.25, 0.3) is 5.91 Å². The Balaban J connectivity index is 1.69. The number of nitrogens with zero attached hydrogens (tertiary/aromatic N) is 2. The predicted octanol–water partition coefficient (Wildman–Crippen LogP) is 2.97. The number of amides is 1. The number of morpholine rings is 1. The number of aromatic nitrogens is 1. The van der Waals surface area contributed by atoms with E-state index in [2.05, 4.69) is 4.98 Å². The highest BCUT2D eigenvalue weighted by molar-refractivity contribution is 7.07. The van der Waals surface area contributed by atoms with E-state index in [9.17, 15) is 4.79 Å². The molecule has 0 radical (unpaired) electrons. The SMILES string of the molecule is C[C@H]1CN(C(=O)c2cccc(OCc3cscn3)c2)[C@@H](C)CO1. The molecule has 1 aromatic heterocycles. The molecule has 2 aromatic rings. The molecule has 1 fully saturated rings. The molecule has 1 saturated heterocycles. The van der Waals surface area contributed by atoms with Crippen LogP contribution in [-0.2, 0) is 11.3 Å². The number of thiazole rings is 1. The van der Waals surface area contributed by atoms with Crippen molar-refractivity contribution in [2.24, 2.45) is 0 Å². The predicted molar refractivity (Wildman–Crippen MR) is 88.8 cm³/mol. The van der Waals surface area contributed by atoms with E-state index in [0.29, 0.717) is 31.1 Å². The highest BCUT2D eigenvalue weighted by Gasteiger charge is 2.28. The second-order valence-electron chi connectivity index (χ2n) is 5.75. The molecule has 122 valence electrons. The number of hydrogen-bond acceptors (Lipinski definition) is 5. The Labute approximate surface area is 139 Å². The zero-order valence-electron chi connectivity index (χ0n) is 13.3. The third kappa shape index (κ3) is 3.89. The van der Waals surface area contributed by atoms with Crippen molar-refractivity contribution in [2.75, 3.05) is 13.2 Å². The second kappa shape index (κ2) is 7.10. The van der Waals surface area contributed by atoms with Crippen LogP contribution in [0.2, 0.25) is 0 Å². The molecule has 0 saturated carbocycles. The number of hydrogen-bond donors (Lipinski definition) is 0. The largest absolute Gasteiger partial charge is 0.487 e. The van der Waals surface area contributed by atoms with Crippen molar-refractivity contribution in [1.82, 2.24) is 9.88 Å². The van der Waals surface area contributed by atoms with E-state index in [0.717, 1.165) is 5.69 Å². The van der Waals surface area contributed by atoms with Crippen LogP contribution in [-0.4, -0.2) is 41.1 Å².